The molecule has 0 saturated carbocycles. The number of Topliss-reactive ketones (excluding diaryl/α,β-unsaturated/α-hetero) is 1. The van der Waals surface area contributed by atoms with E-state index in [0.29, 0.717) is 13.0 Å². The highest BCUT2D eigenvalue weighted by molar-refractivity contribution is 5.92. The van der Waals surface area contributed by atoms with Gasteiger partial charge >= 0.3 is 0 Å². The fourth-order valence-electron chi connectivity index (χ4n) is 2.30. The van der Waals surface area contributed by atoms with Gasteiger partial charge in [-0.05, 0) is 46.1 Å². The molecule has 4 atom stereocenters. The first-order valence-electron chi connectivity index (χ1n) is 8.72. The van der Waals surface area contributed by atoms with Crippen molar-refractivity contribution in [3.05, 3.63) is 0 Å². The number of aliphatic hydroxyl groups is 1. The molecule has 0 rings (SSSR count). The van der Waals surface area contributed by atoms with Crippen LogP contribution in [-0.4, -0.2) is 47.6 Å². The number of hydrogen-bond acceptors (Lipinski definition) is 5. The molecule has 0 spiro atoms. The summed E-state index contributed by atoms with van der Waals surface area (Å²) in [5, 5.41) is 15.8. The third-order valence-electron chi connectivity index (χ3n) is 4.02. The highest BCUT2D eigenvalue weighted by Gasteiger charge is 2.29. The Morgan fingerprint density at radius 1 is 1.13 bits per heavy atom. The van der Waals surface area contributed by atoms with Gasteiger partial charge < -0.3 is 21.5 Å². The van der Waals surface area contributed by atoms with E-state index in [1.54, 1.807) is 6.92 Å². The van der Waals surface area contributed by atoms with Crippen molar-refractivity contribution in [1.29, 1.82) is 0 Å². The molecule has 6 heteroatoms. The van der Waals surface area contributed by atoms with Crippen LogP contribution in [0.15, 0.2) is 0 Å². The van der Waals surface area contributed by atoms with E-state index in [1.807, 2.05) is 27.7 Å². The number of amides is 1. The molecule has 2 unspecified atom stereocenters. The molecule has 136 valence electrons. The largest absolute Gasteiger partial charge is 0.391 e. The molecule has 0 aromatic heterocycles. The van der Waals surface area contributed by atoms with Crippen molar-refractivity contribution in [3.63, 3.8) is 0 Å². The second kappa shape index (κ2) is 11.5. The first-order chi connectivity index (χ1) is 10.7. The number of rotatable bonds is 12. The van der Waals surface area contributed by atoms with Gasteiger partial charge in [0.15, 0.2) is 5.78 Å². The van der Waals surface area contributed by atoms with Gasteiger partial charge in [-0.25, -0.2) is 0 Å². The predicted octanol–water partition coefficient (Wildman–Crippen LogP) is 0.963. The van der Waals surface area contributed by atoms with Crippen LogP contribution in [0.2, 0.25) is 0 Å². The standard InChI is InChI=1S/C17H35N3O3/c1-6-12(4)19-15(13(5)21)17(23)20-14(9-7-8-10-18)16(22)11(2)3/h11-15,19,21H,6-10,18H2,1-5H3,(H,20,23)/t12?,13?,14-,15-/m0/s1. The number of carbonyl (C=O) groups excluding carboxylic acids is 2. The summed E-state index contributed by atoms with van der Waals surface area (Å²) >= 11 is 0. The summed E-state index contributed by atoms with van der Waals surface area (Å²) in [6, 6.07) is -1.13. The van der Waals surface area contributed by atoms with Crippen molar-refractivity contribution in [2.45, 2.75) is 84.5 Å². The molecule has 0 radical (unpaired) electrons. The molecule has 1 amide bonds. The number of nitrogens with two attached hydrogens (primary N) is 1. The van der Waals surface area contributed by atoms with Gasteiger partial charge in [-0.3, -0.25) is 9.59 Å². The van der Waals surface area contributed by atoms with Gasteiger partial charge in [0.2, 0.25) is 5.91 Å². The maximum Gasteiger partial charge on any atom is 0.240 e. The summed E-state index contributed by atoms with van der Waals surface area (Å²) in [6.45, 7) is 9.77. The molecule has 0 aromatic rings. The Morgan fingerprint density at radius 2 is 1.74 bits per heavy atom. The van der Waals surface area contributed by atoms with Crippen molar-refractivity contribution < 1.29 is 14.7 Å². The van der Waals surface area contributed by atoms with Crippen LogP contribution in [-0.2, 0) is 9.59 Å². The van der Waals surface area contributed by atoms with Crippen LogP contribution in [0, 0.1) is 5.92 Å². The number of aliphatic hydroxyl groups excluding tert-OH is 1. The van der Waals surface area contributed by atoms with Crippen molar-refractivity contribution >= 4 is 11.7 Å². The van der Waals surface area contributed by atoms with E-state index in [9.17, 15) is 14.7 Å². The molecule has 0 aliphatic carbocycles. The van der Waals surface area contributed by atoms with E-state index in [4.69, 9.17) is 5.73 Å². The first kappa shape index (κ1) is 22.0. The van der Waals surface area contributed by atoms with Crippen molar-refractivity contribution in [2.75, 3.05) is 6.54 Å². The summed E-state index contributed by atoms with van der Waals surface area (Å²) in [7, 11) is 0. The quantitative estimate of drug-likeness (QED) is 0.399. The number of unbranched alkanes of at least 4 members (excludes halogenated alkanes) is 1. The minimum absolute atomic E-state index is 0.0169. The minimum atomic E-state index is -0.831. The number of ketones is 1. The van der Waals surface area contributed by atoms with Gasteiger partial charge in [0, 0.05) is 12.0 Å². The van der Waals surface area contributed by atoms with Crippen LogP contribution in [0.1, 0.15) is 60.3 Å². The van der Waals surface area contributed by atoms with Gasteiger partial charge in [-0.2, -0.15) is 0 Å². The molecule has 0 heterocycles. The van der Waals surface area contributed by atoms with Gasteiger partial charge in [0.1, 0.15) is 6.04 Å². The lowest BCUT2D eigenvalue weighted by molar-refractivity contribution is -0.132. The zero-order chi connectivity index (χ0) is 18.0. The molecule has 0 fully saturated rings. The van der Waals surface area contributed by atoms with Crippen LogP contribution in [0.4, 0.5) is 0 Å². The minimum Gasteiger partial charge on any atom is -0.391 e. The molecule has 23 heavy (non-hydrogen) atoms. The monoisotopic (exact) mass is 329 g/mol. The summed E-state index contributed by atoms with van der Waals surface area (Å²) < 4.78 is 0. The molecule has 0 aliphatic rings. The lowest BCUT2D eigenvalue weighted by Gasteiger charge is -2.27. The molecule has 0 saturated heterocycles. The maximum atomic E-state index is 12.5. The Hall–Kier alpha value is -0.980. The van der Waals surface area contributed by atoms with E-state index in [-0.39, 0.29) is 23.7 Å². The fraction of sp³-hybridized carbons (Fsp3) is 0.882. The van der Waals surface area contributed by atoms with Crippen LogP contribution >= 0.6 is 0 Å². The third kappa shape index (κ3) is 8.44. The summed E-state index contributed by atoms with van der Waals surface area (Å²) in [6.07, 6.45) is 2.21. The molecule has 0 aliphatic heterocycles. The molecule has 0 bridgehead atoms. The second-order valence-electron chi connectivity index (χ2n) is 6.60. The highest BCUT2D eigenvalue weighted by Crippen LogP contribution is 2.09. The zero-order valence-corrected chi connectivity index (χ0v) is 15.3. The molecule has 6 nitrogen and oxygen atoms in total. The third-order valence-corrected chi connectivity index (χ3v) is 4.02. The molecule has 0 aromatic carbocycles. The average molecular weight is 329 g/mol. The van der Waals surface area contributed by atoms with Gasteiger partial charge in [0.05, 0.1) is 12.1 Å². The SMILES string of the molecule is CCC(C)N[C@H](C(=O)N[C@@H](CCCCN)C(=O)C(C)C)C(C)O. The Balaban J connectivity index is 4.90. The van der Waals surface area contributed by atoms with E-state index >= 15 is 0 Å². The van der Waals surface area contributed by atoms with Crippen molar-refractivity contribution in [3.8, 4) is 0 Å². The molecule has 5 N–H and O–H groups in total. The van der Waals surface area contributed by atoms with Crippen LogP contribution in [0.3, 0.4) is 0 Å². The summed E-state index contributed by atoms with van der Waals surface area (Å²) in [5.74, 6) is -0.457. The Bertz CT molecular complexity index is 359. The lowest BCUT2D eigenvalue weighted by atomic mass is 9.96. The molecular weight excluding hydrogens is 294 g/mol. The van der Waals surface area contributed by atoms with Crippen LogP contribution < -0.4 is 16.4 Å². The van der Waals surface area contributed by atoms with Gasteiger partial charge in [-0.15, -0.1) is 0 Å². The topological polar surface area (TPSA) is 104 Å². The summed E-state index contributed by atoms with van der Waals surface area (Å²) in [5.41, 5.74) is 5.49. The number of carbonyl (C=O) groups is 2. The predicted molar refractivity (Wildman–Crippen MR) is 93.0 cm³/mol. The first-order valence-corrected chi connectivity index (χ1v) is 8.72. The average Bonchev–Trinajstić information content (AvgIpc) is 2.49. The van der Waals surface area contributed by atoms with Crippen LogP contribution in [0.5, 0.6) is 0 Å². The Labute approximate surface area is 140 Å². The lowest BCUT2D eigenvalue weighted by Crippen LogP contribution is -2.56. The highest BCUT2D eigenvalue weighted by atomic mass is 16.3. The smallest absolute Gasteiger partial charge is 0.240 e. The molecular formula is C17H35N3O3. The fourth-order valence-corrected chi connectivity index (χ4v) is 2.30. The number of hydrogen-bond donors (Lipinski definition) is 4. The zero-order valence-electron chi connectivity index (χ0n) is 15.3. The van der Waals surface area contributed by atoms with E-state index < -0.39 is 18.2 Å². The van der Waals surface area contributed by atoms with Crippen molar-refractivity contribution in [2.24, 2.45) is 11.7 Å². The van der Waals surface area contributed by atoms with E-state index in [0.717, 1.165) is 19.3 Å². The van der Waals surface area contributed by atoms with Crippen molar-refractivity contribution in [1.82, 2.24) is 10.6 Å². The second-order valence-corrected chi connectivity index (χ2v) is 6.60. The number of nitrogens with one attached hydrogen (secondary N) is 2. The van der Waals surface area contributed by atoms with Gasteiger partial charge in [0.25, 0.3) is 0 Å². The van der Waals surface area contributed by atoms with E-state index in [1.165, 1.54) is 0 Å². The Kier molecular flexibility index (Phi) is 11.0. The normalized spacial score (nSPS) is 16.7. The summed E-state index contributed by atoms with van der Waals surface area (Å²) in [4.78, 5) is 24.8. The Morgan fingerprint density at radius 3 is 2.17 bits per heavy atom. The van der Waals surface area contributed by atoms with Gasteiger partial charge in [-0.1, -0.05) is 20.8 Å². The van der Waals surface area contributed by atoms with Crippen LogP contribution in [0.25, 0.3) is 0 Å². The maximum absolute atomic E-state index is 12.5. The van der Waals surface area contributed by atoms with E-state index in [2.05, 4.69) is 10.6 Å².